The number of carbonyl (C=O) groups is 1. The van der Waals surface area contributed by atoms with Gasteiger partial charge in [0.2, 0.25) is 15.9 Å². The van der Waals surface area contributed by atoms with Crippen LogP contribution in [0.1, 0.15) is 12.8 Å². The van der Waals surface area contributed by atoms with Crippen molar-refractivity contribution in [2.75, 3.05) is 26.3 Å². The van der Waals surface area contributed by atoms with Crippen LogP contribution >= 0.6 is 0 Å². The molecule has 1 N–H and O–H groups in total. The zero-order valence-electron chi connectivity index (χ0n) is 14.4. The maximum atomic E-state index is 13.0. The van der Waals surface area contributed by atoms with Crippen molar-refractivity contribution in [3.63, 3.8) is 0 Å². The summed E-state index contributed by atoms with van der Waals surface area (Å²) in [4.78, 5) is 11.7. The van der Waals surface area contributed by atoms with E-state index in [2.05, 4.69) is 11.9 Å². The third-order valence-electron chi connectivity index (χ3n) is 5.40. The fourth-order valence-electron chi connectivity index (χ4n) is 4.16. The van der Waals surface area contributed by atoms with Gasteiger partial charge < -0.3 is 14.8 Å². The van der Waals surface area contributed by atoms with Crippen molar-refractivity contribution in [1.82, 2.24) is 9.62 Å². The molecule has 1 saturated carbocycles. The molecule has 2 heterocycles. The Kier molecular flexibility index (Phi) is 4.40. The Labute approximate surface area is 153 Å². The standard InChI is InChI=1S/C18H22N2O5S/c1-2-18(21)19-14-7-12-10-20(11-13(12)8-14)26(22,23)15-3-4-16-17(9-15)25-6-5-24-16/h2-4,9,12-14H,1,5-8,10-11H2,(H,19,21). The SMILES string of the molecule is C=CC(=O)NC1CC2CN(S(=O)(=O)c3ccc4c(c3)OCCO4)CC2C1. The number of hydrogen-bond donors (Lipinski definition) is 1. The predicted molar refractivity (Wildman–Crippen MR) is 94.5 cm³/mol. The second kappa shape index (κ2) is 6.59. The molecular formula is C18H22N2O5S. The highest BCUT2D eigenvalue weighted by Gasteiger charge is 2.45. The Bertz CT molecular complexity index is 824. The fourth-order valence-corrected chi connectivity index (χ4v) is 5.73. The van der Waals surface area contributed by atoms with Gasteiger partial charge in [-0.05, 0) is 42.9 Å². The van der Waals surface area contributed by atoms with Gasteiger partial charge in [-0.1, -0.05) is 6.58 Å². The Balaban J connectivity index is 1.46. The van der Waals surface area contributed by atoms with Crippen molar-refractivity contribution < 1.29 is 22.7 Å². The number of rotatable bonds is 4. The zero-order chi connectivity index (χ0) is 18.3. The summed E-state index contributed by atoms with van der Waals surface area (Å²) in [6.07, 6.45) is 2.88. The molecule has 0 radical (unpaired) electrons. The van der Waals surface area contributed by atoms with Gasteiger partial charge in [-0.15, -0.1) is 0 Å². The van der Waals surface area contributed by atoms with Crippen LogP contribution in [0.3, 0.4) is 0 Å². The van der Waals surface area contributed by atoms with Gasteiger partial charge in [0.15, 0.2) is 11.5 Å². The summed E-state index contributed by atoms with van der Waals surface area (Å²) in [7, 11) is -3.57. The van der Waals surface area contributed by atoms with E-state index in [9.17, 15) is 13.2 Å². The molecule has 2 unspecified atom stereocenters. The fraction of sp³-hybridized carbons (Fsp3) is 0.500. The van der Waals surface area contributed by atoms with E-state index in [1.54, 1.807) is 22.5 Å². The van der Waals surface area contributed by atoms with Crippen molar-refractivity contribution in [3.8, 4) is 11.5 Å². The molecule has 0 aromatic heterocycles. The molecule has 140 valence electrons. The van der Waals surface area contributed by atoms with Crippen LogP contribution in [-0.2, 0) is 14.8 Å². The van der Waals surface area contributed by atoms with Gasteiger partial charge in [0, 0.05) is 25.2 Å². The first-order chi connectivity index (χ1) is 12.5. The van der Waals surface area contributed by atoms with Crippen LogP contribution in [0.2, 0.25) is 0 Å². The summed E-state index contributed by atoms with van der Waals surface area (Å²) < 4.78 is 38.5. The summed E-state index contributed by atoms with van der Waals surface area (Å²) >= 11 is 0. The van der Waals surface area contributed by atoms with E-state index in [-0.39, 0.29) is 28.7 Å². The van der Waals surface area contributed by atoms with Gasteiger partial charge in [0.25, 0.3) is 0 Å². The molecule has 0 spiro atoms. The van der Waals surface area contributed by atoms with Crippen LogP contribution in [0, 0.1) is 11.8 Å². The Hall–Kier alpha value is -2.06. The highest BCUT2D eigenvalue weighted by atomic mass is 32.2. The maximum absolute atomic E-state index is 13.0. The number of fused-ring (bicyclic) bond motifs is 2. The van der Waals surface area contributed by atoms with Crippen LogP contribution in [0.15, 0.2) is 35.7 Å². The lowest BCUT2D eigenvalue weighted by atomic mass is 10.0. The number of carbonyl (C=O) groups excluding carboxylic acids is 1. The normalized spacial score (nSPS) is 27.8. The molecule has 4 rings (SSSR count). The Morgan fingerprint density at radius 3 is 2.46 bits per heavy atom. The Morgan fingerprint density at radius 2 is 1.81 bits per heavy atom. The minimum absolute atomic E-state index is 0.106. The lowest BCUT2D eigenvalue weighted by Crippen LogP contribution is -2.35. The lowest BCUT2D eigenvalue weighted by Gasteiger charge is -2.22. The number of ether oxygens (including phenoxy) is 2. The molecule has 1 aliphatic carbocycles. The van der Waals surface area contributed by atoms with E-state index >= 15 is 0 Å². The average Bonchev–Trinajstić information content (AvgIpc) is 3.20. The van der Waals surface area contributed by atoms with Crippen LogP contribution in [0.5, 0.6) is 11.5 Å². The first kappa shape index (κ1) is 17.4. The van der Waals surface area contributed by atoms with Crippen molar-refractivity contribution in [3.05, 3.63) is 30.9 Å². The molecule has 1 saturated heterocycles. The highest BCUT2D eigenvalue weighted by molar-refractivity contribution is 7.89. The summed E-state index contributed by atoms with van der Waals surface area (Å²) in [5.74, 6) is 1.43. The average molecular weight is 378 g/mol. The lowest BCUT2D eigenvalue weighted by molar-refractivity contribution is -0.117. The highest BCUT2D eigenvalue weighted by Crippen LogP contribution is 2.41. The largest absolute Gasteiger partial charge is 0.486 e. The number of amides is 1. The quantitative estimate of drug-likeness (QED) is 0.795. The third-order valence-corrected chi connectivity index (χ3v) is 7.23. The van der Waals surface area contributed by atoms with E-state index in [0.29, 0.717) is 37.8 Å². The molecule has 2 atom stereocenters. The van der Waals surface area contributed by atoms with Gasteiger partial charge in [-0.3, -0.25) is 4.79 Å². The molecule has 8 heteroatoms. The molecule has 3 aliphatic rings. The molecule has 2 aliphatic heterocycles. The Morgan fingerprint density at radius 1 is 1.15 bits per heavy atom. The molecule has 26 heavy (non-hydrogen) atoms. The summed E-state index contributed by atoms with van der Waals surface area (Å²) in [6.45, 7) is 5.33. The van der Waals surface area contributed by atoms with E-state index < -0.39 is 10.0 Å². The molecule has 1 aromatic carbocycles. The smallest absolute Gasteiger partial charge is 0.243 e. The monoisotopic (exact) mass is 378 g/mol. The zero-order valence-corrected chi connectivity index (χ0v) is 15.2. The second-order valence-electron chi connectivity index (χ2n) is 7.03. The second-order valence-corrected chi connectivity index (χ2v) is 8.97. The number of nitrogens with one attached hydrogen (secondary N) is 1. The maximum Gasteiger partial charge on any atom is 0.243 e. The van der Waals surface area contributed by atoms with Gasteiger partial charge in [-0.2, -0.15) is 4.31 Å². The van der Waals surface area contributed by atoms with E-state index in [1.807, 2.05) is 0 Å². The summed E-state index contributed by atoms with van der Waals surface area (Å²) in [5.41, 5.74) is 0. The van der Waals surface area contributed by atoms with Crippen molar-refractivity contribution >= 4 is 15.9 Å². The molecular weight excluding hydrogens is 356 g/mol. The van der Waals surface area contributed by atoms with E-state index in [0.717, 1.165) is 12.8 Å². The molecule has 1 aromatic rings. The minimum atomic E-state index is -3.57. The van der Waals surface area contributed by atoms with Crippen LogP contribution < -0.4 is 14.8 Å². The van der Waals surface area contributed by atoms with Crippen LogP contribution in [0.4, 0.5) is 0 Å². The number of nitrogens with zero attached hydrogens (tertiary/aromatic N) is 1. The van der Waals surface area contributed by atoms with Gasteiger partial charge in [0.05, 0.1) is 4.90 Å². The van der Waals surface area contributed by atoms with Crippen molar-refractivity contribution in [2.24, 2.45) is 11.8 Å². The number of sulfonamides is 1. The third kappa shape index (κ3) is 3.07. The predicted octanol–water partition coefficient (Wildman–Crippen LogP) is 1.16. The minimum Gasteiger partial charge on any atom is -0.486 e. The van der Waals surface area contributed by atoms with Crippen molar-refractivity contribution in [1.29, 1.82) is 0 Å². The van der Waals surface area contributed by atoms with Gasteiger partial charge >= 0.3 is 0 Å². The number of benzene rings is 1. The van der Waals surface area contributed by atoms with Crippen molar-refractivity contribution in [2.45, 2.75) is 23.8 Å². The molecule has 2 fully saturated rings. The number of hydrogen-bond acceptors (Lipinski definition) is 5. The topological polar surface area (TPSA) is 84.9 Å². The molecule has 1 amide bonds. The summed E-state index contributed by atoms with van der Waals surface area (Å²) in [5, 5.41) is 2.92. The molecule has 0 bridgehead atoms. The summed E-state index contributed by atoms with van der Waals surface area (Å²) in [6, 6.07) is 4.88. The van der Waals surface area contributed by atoms with Gasteiger partial charge in [-0.25, -0.2) is 8.42 Å². The van der Waals surface area contributed by atoms with Gasteiger partial charge in [0.1, 0.15) is 13.2 Å². The van der Waals surface area contributed by atoms with E-state index in [1.165, 1.54) is 6.08 Å². The van der Waals surface area contributed by atoms with Crippen LogP contribution in [-0.4, -0.2) is 51.0 Å². The first-order valence-electron chi connectivity index (χ1n) is 8.80. The van der Waals surface area contributed by atoms with Crippen LogP contribution in [0.25, 0.3) is 0 Å². The molecule has 7 nitrogen and oxygen atoms in total. The first-order valence-corrected chi connectivity index (χ1v) is 10.2. The van der Waals surface area contributed by atoms with E-state index in [4.69, 9.17) is 9.47 Å².